The minimum absolute atomic E-state index is 0.124. The maximum Gasteiger partial charge on any atom is 0.238 e. The number of nitrogens with zero attached hydrogens (tertiary/aromatic N) is 1. The van der Waals surface area contributed by atoms with Crippen LogP contribution in [-0.2, 0) is 10.0 Å². The number of nitrogen functional groups attached to an aromatic ring is 1. The van der Waals surface area contributed by atoms with E-state index < -0.39 is 10.0 Å². The van der Waals surface area contributed by atoms with E-state index in [4.69, 9.17) is 10.9 Å². The van der Waals surface area contributed by atoms with Crippen LogP contribution in [0.2, 0.25) is 0 Å². The minimum atomic E-state index is -3.71. The summed E-state index contributed by atoms with van der Waals surface area (Å²) in [6, 6.07) is 5.16. The molecule has 1 aliphatic carbocycles. The molecule has 0 bridgehead atoms. The third-order valence-electron chi connectivity index (χ3n) is 3.97. The van der Waals surface area contributed by atoms with Crippen LogP contribution in [0.3, 0.4) is 0 Å². The molecule has 0 amide bonds. The first-order valence-corrected chi connectivity index (χ1v) is 9.02. The topological polar surface area (TPSA) is 89.4 Å². The smallest absolute Gasteiger partial charge is 0.238 e. The van der Waals surface area contributed by atoms with Gasteiger partial charge < -0.3 is 10.6 Å². The molecule has 1 saturated carbocycles. The fourth-order valence-corrected chi connectivity index (χ4v) is 3.54. The van der Waals surface area contributed by atoms with Crippen molar-refractivity contribution >= 4 is 21.4 Å². The maximum absolute atomic E-state index is 11.6. The number of hydrogen-bond donors (Lipinski definition) is 2. The molecule has 1 fully saturated rings. The molecule has 21 heavy (non-hydrogen) atoms. The second kappa shape index (κ2) is 6.23. The van der Waals surface area contributed by atoms with E-state index in [1.54, 1.807) is 12.1 Å². The minimum Gasteiger partial charge on any atom is -0.397 e. The summed E-state index contributed by atoms with van der Waals surface area (Å²) < 4.78 is 23.2. The van der Waals surface area contributed by atoms with Crippen LogP contribution >= 0.6 is 0 Å². The zero-order valence-corrected chi connectivity index (χ0v) is 13.6. The van der Waals surface area contributed by atoms with Crippen molar-refractivity contribution in [2.24, 2.45) is 11.1 Å². The van der Waals surface area contributed by atoms with Crippen LogP contribution in [0.1, 0.15) is 39.5 Å². The van der Waals surface area contributed by atoms with E-state index in [-0.39, 0.29) is 4.90 Å². The lowest BCUT2D eigenvalue weighted by atomic mass is 10.1. The average molecular weight is 311 g/mol. The molecular weight excluding hydrogens is 286 g/mol. The Morgan fingerprint density at radius 3 is 2.43 bits per heavy atom. The van der Waals surface area contributed by atoms with Crippen LogP contribution in [0.25, 0.3) is 0 Å². The van der Waals surface area contributed by atoms with E-state index in [2.05, 4.69) is 18.7 Å². The predicted molar refractivity (Wildman–Crippen MR) is 86.7 cm³/mol. The van der Waals surface area contributed by atoms with Gasteiger partial charge in [0.25, 0.3) is 0 Å². The Morgan fingerprint density at radius 1 is 1.29 bits per heavy atom. The molecule has 0 aromatic heterocycles. The van der Waals surface area contributed by atoms with E-state index in [0.717, 1.165) is 25.1 Å². The third-order valence-corrected chi connectivity index (χ3v) is 4.88. The van der Waals surface area contributed by atoms with Crippen LogP contribution in [-0.4, -0.2) is 21.0 Å². The van der Waals surface area contributed by atoms with Gasteiger partial charge in [0.15, 0.2) is 0 Å². The molecule has 0 spiro atoms. The fraction of sp³-hybridized carbons (Fsp3) is 0.600. The molecule has 2 rings (SSSR count). The van der Waals surface area contributed by atoms with Gasteiger partial charge in [0.05, 0.1) is 16.3 Å². The molecule has 1 aliphatic rings. The van der Waals surface area contributed by atoms with Gasteiger partial charge in [-0.25, -0.2) is 13.6 Å². The first-order valence-electron chi connectivity index (χ1n) is 7.48. The number of hydrogen-bond acceptors (Lipinski definition) is 4. The van der Waals surface area contributed by atoms with Gasteiger partial charge in [-0.2, -0.15) is 0 Å². The summed E-state index contributed by atoms with van der Waals surface area (Å²) >= 11 is 0. The Labute approximate surface area is 127 Å². The van der Waals surface area contributed by atoms with E-state index >= 15 is 0 Å². The highest BCUT2D eigenvalue weighted by Gasteiger charge is 2.25. The zero-order chi connectivity index (χ0) is 15.6. The Bertz CT molecular complexity index is 593. The highest BCUT2D eigenvalue weighted by molar-refractivity contribution is 7.89. The number of anilines is 2. The fourth-order valence-electron chi connectivity index (χ4n) is 3.00. The normalized spacial score (nSPS) is 16.6. The molecule has 0 radical (unpaired) electrons. The van der Waals surface area contributed by atoms with Gasteiger partial charge in [-0.05, 0) is 37.0 Å². The quantitative estimate of drug-likeness (QED) is 0.817. The van der Waals surface area contributed by atoms with Gasteiger partial charge in [-0.15, -0.1) is 0 Å². The lowest BCUT2D eigenvalue weighted by molar-refractivity contribution is 0.536. The third kappa shape index (κ3) is 3.89. The lowest BCUT2D eigenvalue weighted by Crippen LogP contribution is -2.37. The van der Waals surface area contributed by atoms with Crippen molar-refractivity contribution < 1.29 is 8.42 Å². The molecular formula is C15H25N3O2S. The van der Waals surface area contributed by atoms with Crippen molar-refractivity contribution in [1.82, 2.24) is 0 Å². The van der Waals surface area contributed by atoms with Crippen molar-refractivity contribution in [3.8, 4) is 0 Å². The number of sulfonamides is 1. The van der Waals surface area contributed by atoms with Crippen molar-refractivity contribution in [2.75, 3.05) is 17.2 Å². The average Bonchev–Trinajstić information content (AvgIpc) is 2.88. The summed E-state index contributed by atoms with van der Waals surface area (Å²) in [4.78, 5) is 2.39. The standard InChI is InChI=1S/C15H25N3O2S/c1-11(2)10-18(12-5-3-4-6-12)15-9-13(21(17,19)20)7-8-14(15)16/h7-9,11-12H,3-6,10,16H2,1-2H3,(H2,17,19,20). The molecule has 6 heteroatoms. The molecule has 1 aromatic rings. The van der Waals surface area contributed by atoms with Gasteiger partial charge in [-0.3, -0.25) is 0 Å². The predicted octanol–water partition coefficient (Wildman–Crippen LogP) is 2.32. The summed E-state index contributed by atoms with van der Waals surface area (Å²) in [6.45, 7) is 5.17. The summed E-state index contributed by atoms with van der Waals surface area (Å²) in [5, 5.41) is 5.24. The largest absolute Gasteiger partial charge is 0.397 e. The SMILES string of the molecule is CC(C)CN(c1cc(S(N)(=O)=O)ccc1N)C1CCCC1. The second-order valence-electron chi connectivity index (χ2n) is 6.25. The van der Waals surface area contributed by atoms with Gasteiger partial charge in [0, 0.05) is 12.6 Å². The number of nitrogens with two attached hydrogens (primary N) is 2. The van der Waals surface area contributed by atoms with Crippen LogP contribution in [0, 0.1) is 5.92 Å². The number of benzene rings is 1. The van der Waals surface area contributed by atoms with Crippen molar-refractivity contribution in [1.29, 1.82) is 0 Å². The number of rotatable bonds is 5. The Morgan fingerprint density at radius 2 is 1.90 bits per heavy atom. The Kier molecular flexibility index (Phi) is 4.78. The van der Waals surface area contributed by atoms with E-state index in [0.29, 0.717) is 17.6 Å². The maximum atomic E-state index is 11.6. The van der Waals surface area contributed by atoms with Crippen molar-refractivity contribution in [3.05, 3.63) is 18.2 Å². The summed E-state index contributed by atoms with van der Waals surface area (Å²) in [5.41, 5.74) is 7.50. The molecule has 0 atom stereocenters. The first-order chi connectivity index (χ1) is 9.79. The molecule has 0 heterocycles. The van der Waals surface area contributed by atoms with E-state index in [1.807, 2.05) is 0 Å². The van der Waals surface area contributed by atoms with Crippen LogP contribution in [0.4, 0.5) is 11.4 Å². The monoisotopic (exact) mass is 311 g/mol. The molecule has 1 aromatic carbocycles. The molecule has 0 aliphatic heterocycles. The molecule has 118 valence electrons. The first kappa shape index (κ1) is 16.1. The van der Waals surface area contributed by atoms with Crippen molar-refractivity contribution in [2.45, 2.75) is 50.5 Å². The van der Waals surface area contributed by atoms with Gasteiger partial charge in [0.1, 0.15) is 0 Å². The molecule has 0 saturated heterocycles. The molecule has 0 unspecified atom stereocenters. The second-order valence-corrected chi connectivity index (χ2v) is 7.81. The van der Waals surface area contributed by atoms with Gasteiger partial charge in [-0.1, -0.05) is 26.7 Å². The Hall–Kier alpha value is -1.27. The Balaban J connectivity index is 2.42. The van der Waals surface area contributed by atoms with Crippen LogP contribution < -0.4 is 15.8 Å². The molecule has 4 N–H and O–H groups in total. The summed E-state index contributed by atoms with van der Waals surface area (Å²) in [6.07, 6.45) is 4.69. The van der Waals surface area contributed by atoms with Crippen molar-refractivity contribution in [3.63, 3.8) is 0 Å². The molecule has 5 nitrogen and oxygen atoms in total. The number of primary sulfonamides is 1. The van der Waals surface area contributed by atoms with Gasteiger partial charge >= 0.3 is 0 Å². The van der Waals surface area contributed by atoms with Crippen LogP contribution in [0.15, 0.2) is 23.1 Å². The lowest BCUT2D eigenvalue weighted by Gasteiger charge is -2.34. The van der Waals surface area contributed by atoms with E-state index in [1.165, 1.54) is 18.9 Å². The van der Waals surface area contributed by atoms with Gasteiger partial charge in [0.2, 0.25) is 10.0 Å². The van der Waals surface area contributed by atoms with Crippen LogP contribution in [0.5, 0.6) is 0 Å². The summed E-state index contributed by atoms with van der Waals surface area (Å²) in [7, 11) is -3.71. The summed E-state index contributed by atoms with van der Waals surface area (Å²) in [5.74, 6) is 0.475. The highest BCUT2D eigenvalue weighted by atomic mass is 32.2. The highest BCUT2D eigenvalue weighted by Crippen LogP contribution is 2.33. The van der Waals surface area contributed by atoms with E-state index in [9.17, 15) is 8.42 Å². The zero-order valence-electron chi connectivity index (χ0n) is 12.7.